The van der Waals surface area contributed by atoms with Crippen molar-refractivity contribution >= 4 is 41.0 Å². The highest BCUT2D eigenvalue weighted by Gasteiger charge is 2.42. The molecule has 0 aliphatic carbocycles. The number of benzene rings is 2. The molecule has 0 N–H and O–H groups in total. The quantitative estimate of drug-likeness (QED) is 0.585. The second-order valence-electron chi connectivity index (χ2n) is 8.39. The highest BCUT2D eigenvalue weighted by atomic mass is 35.5. The first kappa shape index (κ1) is 20.4. The second kappa shape index (κ2) is 7.73. The molecule has 0 radical (unpaired) electrons. The number of para-hydroxylation sites is 1. The van der Waals surface area contributed by atoms with Crippen molar-refractivity contribution in [2.75, 3.05) is 36.0 Å². The zero-order valence-corrected chi connectivity index (χ0v) is 18.6. The lowest BCUT2D eigenvalue weighted by molar-refractivity contribution is -0.144. The molecule has 2 aliphatic heterocycles. The summed E-state index contributed by atoms with van der Waals surface area (Å²) in [5.41, 5.74) is 5.85. The molecule has 2 aliphatic rings. The number of hydrogen-bond donors (Lipinski definition) is 0. The van der Waals surface area contributed by atoms with Crippen LogP contribution in [0, 0.1) is 6.92 Å². The normalized spacial score (nSPS) is 18.2. The van der Waals surface area contributed by atoms with Crippen LogP contribution in [0.2, 0.25) is 10.0 Å². The predicted octanol–water partition coefficient (Wildman–Crippen LogP) is 5.22. The Hall–Kier alpha value is -1.91. The van der Waals surface area contributed by atoms with Gasteiger partial charge < -0.3 is 14.5 Å². The van der Waals surface area contributed by atoms with Gasteiger partial charge in [-0.25, -0.2) is 0 Å². The Morgan fingerprint density at radius 1 is 1.14 bits per heavy atom. The maximum Gasteiger partial charge on any atom is 0.293 e. The fraction of sp³-hybridized carbons (Fsp3) is 0.435. The summed E-state index contributed by atoms with van der Waals surface area (Å²) in [5.74, 6) is 0.473. The van der Waals surface area contributed by atoms with Crippen molar-refractivity contribution < 1.29 is 9.53 Å². The SMILES string of the molecule is CCc1cc(C2CN(c3c(Cl)cccc3Cl)C2)cc(C)c1N1CC(C)(OC=O)C1. The molecule has 2 fully saturated rings. The largest absolute Gasteiger partial charge is 0.458 e. The summed E-state index contributed by atoms with van der Waals surface area (Å²) in [6.07, 6.45) is 0.971. The van der Waals surface area contributed by atoms with E-state index < -0.39 is 0 Å². The standard InChI is InChI=1S/C23H26Cl2N2O2/c1-4-16-9-17(8-15(2)21(16)27-12-23(3,13-27)29-14-28)18-10-26(11-18)22-19(24)6-5-7-20(22)25/h5-9,14,18H,4,10-13H2,1-3H3. The van der Waals surface area contributed by atoms with Crippen LogP contribution in [-0.2, 0) is 16.0 Å². The van der Waals surface area contributed by atoms with E-state index in [-0.39, 0.29) is 5.60 Å². The summed E-state index contributed by atoms with van der Waals surface area (Å²) >= 11 is 12.7. The van der Waals surface area contributed by atoms with Crippen molar-refractivity contribution in [2.24, 2.45) is 0 Å². The van der Waals surface area contributed by atoms with Gasteiger partial charge in [0.05, 0.1) is 28.8 Å². The third-order valence-electron chi connectivity index (χ3n) is 6.09. The molecule has 2 aromatic carbocycles. The molecule has 4 rings (SSSR count). The van der Waals surface area contributed by atoms with E-state index in [0.29, 0.717) is 22.4 Å². The zero-order valence-electron chi connectivity index (χ0n) is 17.0. The lowest BCUT2D eigenvalue weighted by Gasteiger charge is -2.49. The number of carbonyl (C=O) groups excluding carboxylic acids is 1. The number of nitrogens with zero attached hydrogens (tertiary/aromatic N) is 2. The average molecular weight is 433 g/mol. The Balaban J connectivity index is 1.51. The first-order chi connectivity index (χ1) is 13.8. The van der Waals surface area contributed by atoms with E-state index in [1.165, 1.54) is 22.4 Å². The van der Waals surface area contributed by atoms with Gasteiger partial charge in [-0.1, -0.05) is 48.3 Å². The van der Waals surface area contributed by atoms with E-state index in [4.69, 9.17) is 27.9 Å². The number of ether oxygens (including phenoxy) is 1. The van der Waals surface area contributed by atoms with Crippen LogP contribution in [-0.4, -0.2) is 38.3 Å². The molecule has 29 heavy (non-hydrogen) atoms. The predicted molar refractivity (Wildman–Crippen MR) is 120 cm³/mol. The van der Waals surface area contributed by atoms with E-state index in [9.17, 15) is 4.79 Å². The minimum atomic E-state index is -0.374. The monoisotopic (exact) mass is 432 g/mol. The maximum atomic E-state index is 10.7. The summed E-state index contributed by atoms with van der Waals surface area (Å²) in [4.78, 5) is 15.3. The van der Waals surface area contributed by atoms with Crippen molar-refractivity contribution in [1.29, 1.82) is 0 Å². The smallest absolute Gasteiger partial charge is 0.293 e. The zero-order chi connectivity index (χ0) is 20.8. The van der Waals surface area contributed by atoms with E-state index >= 15 is 0 Å². The molecule has 0 atom stereocenters. The summed E-state index contributed by atoms with van der Waals surface area (Å²) in [6.45, 7) is 10.2. The average Bonchev–Trinajstić information content (AvgIpc) is 2.60. The maximum absolute atomic E-state index is 10.7. The summed E-state index contributed by atoms with van der Waals surface area (Å²) in [5, 5.41) is 1.41. The van der Waals surface area contributed by atoms with Crippen LogP contribution in [0.3, 0.4) is 0 Å². The minimum Gasteiger partial charge on any atom is -0.458 e. The number of carbonyl (C=O) groups is 1. The van der Waals surface area contributed by atoms with Gasteiger partial charge in [0.15, 0.2) is 0 Å². The molecule has 0 aromatic heterocycles. The van der Waals surface area contributed by atoms with Crippen molar-refractivity contribution in [3.8, 4) is 0 Å². The van der Waals surface area contributed by atoms with Crippen molar-refractivity contribution in [1.82, 2.24) is 0 Å². The first-order valence-corrected chi connectivity index (χ1v) is 10.8. The van der Waals surface area contributed by atoms with E-state index in [2.05, 4.69) is 35.8 Å². The van der Waals surface area contributed by atoms with E-state index in [0.717, 1.165) is 38.3 Å². The molecule has 0 saturated carbocycles. The number of aryl methyl sites for hydroxylation is 2. The molecule has 2 aromatic rings. The molecule has 2 heterocycles. The van der Waals surface area contributed by atoms with Gasteiger partial charge in [-0.3, -0.25) is 4.79 Å². The Bertz CT molecular complexity index is 914. The van der Waals surface area contributed by atoms with Crippen LogP contribution < -0.4 is 9.80 Å². The fourth-order valence-corrected chi connectivity index (χ4v) is 5.25. The van der Waals surface area contributed by atoms with Crippen LogP contribution in [0.4, 0.5) is 11.4 Å². The van der Waals surface area contributed by atoms with Crippen LogP contribution in [0.5, 0.6) is 0 Å². The van der Waals surface area contributed by atoms with Gasteiger partial charge in [0.2, 0.25) is 0 Å². The van der Waals surface area contributed by atoms with Crippen LogP contribution in [0.25, 0.3) is 0 Å². The molecule has 0 spiro atoms. The Labute approximate surface area is 182 Å². The minimum absolute atomic E-state index is 0.374. The Morgan fingerprint density at radius 2 is 1.79 bits per heavy atom. The van der Waals surface area contributed by atoms with Crippen molar-refractivity contribution in [2.45, 2.75) is 38.7 Å². The molecular formula is C23H26Cl2N2O2. The third kappa shape index (κ3) is 3.69. The third-order valence-corrected chi connectivity index (χ3v) is 6.70. The summed E-state index contributed by atoms with van der Waals surface area (Å²) in [6, 6.07) is 10.3. The fourth-order valence-electron chi connectivity index (χ4n) is 4.61. The number of rotatable bonds is 6. The van der Waals surface area contributed by atoms with Crippen LogP contribution in [0.1, 0.15) is 36.5 Å². The van der Waals surface area contributed by atoms with E-state index in [1.54, 1.807) is 0 Å². The Morgan fingerprint density at radius 3 is 2.38 bits per heavy atom. The van der Waals surface area contributed by atoms with Gasteiger partial charge in [0.1, 0.15) is 5.60 Å². The van der Waals surface area contributed by atoms with Gasteiger partial charge >= 0.3 is 0 Å². The topological polar surface area (TPSA) is 32.8 Å². The number of halogens is 2. The first-order valence-electron chi connectivity index (χ1n) is 10.0. The molecule has 2 saturated heterocycles. The highest BCUT2D eigenvalue weighted by molar-refractivity contribution is 6.39. The van der Waals surface area contributed by atoms with Crippen LogP contribution in [0.15, 0.2) is 30.3 Å². The van der Waals surface area contributed by atoms with Gasteiger partial charge in [0.25, 0.3) is 6.47 Å². The molecule has 0 bridgehead atoms. The number of anilines is 2. The summed E-state index contributed by atoms with van der Waals surface area (Å²) < 4.78 is 5.24. The van der Waals surface area contributed by atoms with Gasteiger partial charge in [-0.2, -0.15) is 0 Å². The molecule has 4 nitrogen and oxygen atoms in total. The highest BCUT2D eigenvalue weighted by Crippen LogP contribution is 2.42. The lowest BCUT2D eigenvalue weighted by Crippen LogP contribution is -2.62. The van der Waals surface area contributed by atoms with Crippen molar-refractivity contribution in [3.05, 3.63) is 57.1 Å². The van der Waals surface area contributed by atoms with Crippen molar-refractivity contribution in [3.63, 3.8) is 0 Å². The number of hydrogen-bond acceptors (Lipinski definition) is 4. The van der Waals surface area contributed by atoms with Gasteiger partial charge in [0, 0.05) is 24.7 Å². The van der Waals surface area contributed by atoms with Gasteiger partial charge in [-0.05, 0) is 49.1 Å². The lowest BCUT2D eigenvalue weighted by atomic mass is 9.86. The molecular weight excluding hydrogens is 407 g/mol. The second-order valence-corrected chi connectivity index (χ2v) is 9.21. The van der Waals surface area contributed by atoms with Crippen LogP contribution >= 0.6 is 23.2 Å². The van der Waals surface area contributed by atoms with Gasteiger partial charge in [-0.15, -0.1) is 0 Å². The molecule has 0 amide bonds. The van der Waals surface area contributed by atoms with E-state index in [1.807, 2.05) is 25.1 Å². The Kier molecular flexibility index (Phi) is 5.43. The molecule has 154 valence electrons. The summed E-state index contributed by atoms with van der Waals surface area (Å²) in [7, 11) is 0. The molecule has 0 unspecified atom stereocenters. The molecule has 6 heteroatoms.